The van der Waals surface area contributed by atoms with Gasteiger partial charge >= 0.3 is 0 Å². The maximum atomic E-state index is 6.52. The van der Waals surface area contributed by atoms with E-state index in [1.54, 1.807) is 0 Å². The van der Waals surface area contributed by atoms with E-state index >= 15 is 0 Å². The second kappa shape index (κ2) is 6.18. The van der Waals surface area contributed by atoms with Crippen molar-refractivity contribution in [1.29, 1.82) is 0 Å². The van der Waals surface area contributed by atoms with Crippen LogP contribution < -0.4 is 5.73 Å². The Morgan fingerprint density at radius 2 is 1.95 bits per heavy atom. The van der Waals surface area contributed by atoms with Gasteiger partial charge in [-0.05, 0) is 43.7 Å². The van der Waals surface area contributed by atoms with Gasteiger partial charge in [0.15, 0.2) is 0 Å². The van der Waals surface area contributed by atoms with E-state index in [4.69, 9.17) is 10.7 Å². The van der Waals surface area contributed by atoms with Crippen LogP contribution in [0.15, 0.2) is 24.3 Å². The van der Waals surface area contributed by atoms with E-state index in [0.29, 0.717) is 5.92 Å². The molecule has 0 saturated heterocycles. The molecule has 1 aromatic carbocycles. The number of rotatable bonds is 4. The number of hydrogen-bond acceptors (Lipinski definition) is 2. The van der Waals surface area contributed by atoms with Crippen molar-refractivity contribution in [2.45, 2.75) is 58.5 Å². The maximum Gasteiger partial charge on any atom is 0.111 e. The number of nitrogens with zero attached hydrogens (tertiary/aromatic N) is 2. The summed E-state index contributed by atoms with van der Waals surface area (Å²) in [5.74, 6) is 2.71. The fourth-order valence-electron chi connectivity index (χ4n) is 3.73. The molecular weight excluding hydrogens is 258 g/mol. The molecule has 0 amide bonds. The minimum Gasteiger partial charge on any atom is -0.328 e. The summed E-state index contributed by atoms with van der Waals surface area (Å²) in [6, 6.07) is 8.64. The third-order valence-electron chi connectivity index (χ3n) is 5.13. The van der Waals surface area contributed by atoms with Crippen molar-refractivity contribution < 1.29 is 0 Å². The molecule has 1 aliphatic rings. The minimum atomic E-state index is 0.250. The standard InChI is InChI=1S/C18H27N3/c1-3-21-17-7-5-4-6-16(17)20-18(21)12-15(19)14-10-8-13(2)9-11-14/h4-7,13-15H,3,8-12,19H2,1-2H3. The van der Waals surface area contributed by atoms with Crippen LogP contribution in [0.1, 0.15) is 45.4 Å². The highest BCUT2D eigenvalue weighted by molar-refractivity contribution is 5.75. The average Bonchev–Trinajstić information content (AvgIpc) is 2.84. The van der Waals surface area contributed by atoms with Crippen molar-refractivity contribution in [3.63, 3.8) is 0 Å². The van der Waals surface area contributed by atoms with Crippen LogP contribution in [0.5, 0.6) is 0 Å². The Morgan fingerprint density at radius 1 is 1.24 bits per heavy atom. The molecule has 0 spiro atoms. The zero-order valence-corrected chi connectivity index (χ0v) is 13.3. The summed E-state index contributed by atoms with van der Waals surface area (Å²) in [5, 5.41) is 0. The molecule has 114 valence electrons. The molecule has 2 aromatic rings. The lowest BCUT2D eigenvalue weighted by Crippen LogP contribution is -2.35. The van der Waals surface area contributed by atoms with Crippen molar-refractivity contribution in [2.24, 2.45) is 17.6 Å². The van der Waals surface area contributed by atoms with E-state index in [1.807, 2.05) is 0 Å². The van der Waals surface area contributed by atoms with Gasteiger partial charge in [0.1, 0.15) is 5.82 Å². The SMILES string of the molecule is CCn1c(CC(N)C2CCC(C)CC2)nc2ccccc21. The molecule has 0 radical (unpaired) electrons. The van der Waals surface area contributed by atoms with Crippen molar-refractivity contribution in [3.05, 3.63) is 30.1 Å². The van der Waals surface area contributed by atoms with Gasteiger partial charge in [-0.2, -0.15) is 0 Å². The van der Waals surface area contributed by atoms with E-state index in [0.717, 1.165) is 30.2 Å². The number of aromatic nitrogens is 2. The minimum absolute atomic E-state index is 0.250. The predicted molar refractivity (Wildman–Crippen MR) is 88.2 cm³/mol. The third-order valence-corrected chi connectivity index (χ3v) is 5.13. The fraction of sp³-hybridized carbons (Fsp3) is 0.611. The monoisotopic (exact) mass is 285 g/mol. The van der Waals surface area contributed by atoms with Gasteiger partial charge in [0.25, 0.3) is 0 Å². The molecule has 0 aliphatic heterocycles. The molecule has 0 bridgehead atoms. The first kappa shape index (κ1) is 14.6. The van der Waals surface area contributed by atoms with Gasteiger partial charge < -0.3 is 10.3 Å². The highest BCUT2D eigenvalue weighted by Crippen LogP contribution is 2.31. The first-order valence-electron chi connectivity index (χ1n) is 8.38. The van der Waals surface area contributed by atoms with Gasteiger partial charge in [0.05, 0.1) is 11.0 Å². The van der Waals surface area contributed by atoms with Crippen LogP contribution in [-0.2, 0) is 13.0 Å². The van der Waals surface area contributed by atoms with Crippen molar-refractivity contribution in [3.8, 4) is 0 Å². The molecule has 1 fully saturated rings. The molecule has 1 saturated carbocycles. The number of fused-ring (bicyclic) bond motifs is 1. The average molecular weight is 285 g/mol. The Labute approximate surface area is 127 Å². The number of aryl methyl sites for hydroxylation is 1. The molecule has 21 heavy (non-hydrogen) atoms. The second-order valence-corrected chi connectivity index (χ2v) is 6.65. The summed E-state index contributed by atoms with van der Waals surface area (Å²) in [4.78, 5) is 4.82. The van der Waals surface area contributed by atoms with Crippen LogP contribution in [0.2, 0.25) is 0 Å². The molecule has 1 aliphatic carbocycles. The Kier molecular flexibility index (Phi) is 4.29. The number of hydrogen-bond donors (Lipinski definition) is 1. The number of benzene rings is 1. The fourth-order valence-corrected chi connectivity index (χ4v) is 3.73. The number of nitrogens with two attached hydrogens (primary N) is 1. The van der Waals surface area contributed by atoms with Crippen LogP contribution >= 0.6 is 0 Å². The van der Waals surface area contributed by atoms with Gasteiger partial charge in [-0.3, -0.25) is 0 Å². The van der Waals surface area contributed by atoms with Crippen LogP contribution in [0.25, 0.3) is 11.0 Å². The van der Waals surface area contributed by atoms with E-state index in [9.17, 15) is 0 Å². The Balaban J connectivity index is 1.78. The first-order chi connectivity index (χ1) is 10.2. The van der Waals surface area contributed by atoms with Gasteiger partial charge in [-0.1, -0.05) is 31.9 Å². The summed E-state index contributed by atoms with van der Waals surface area (Å²) in [5.41, 5.74) is 8.85. The van der Waals surface area contributed by atoms with E-state index < -0.39 is 0 Å². The summed E-state index contributed by atoms with van der Waals surface area (Å²) in [6.07, 6.45) is 6.15. The van der Waals surface area contributed by atoms with Crippen molar-refractivity contribution in [1.82, 2.24) is 9.55 Å². The molecule has 1 atom stereocenters. The van der Waals surface area contributed by atoms with Gasteiger partial charge in [0.2, 0.25) is 0 Å². The zero-order chi connectivity index (χ0) is 14.8. The van der Waals surface area contributed by atoms with Crippen LogP contribution in [-0.4, -0.2) is 15.6 Å². The molecule has 1 heterocycles. The predicted octanol–water partition coefficient (Wildman–Crippen LogP) is 3.75. The largest absolute Gasteiger partial charge is 0.328 e. The molecule has 1 unspecified atom stereocenters. The lowest BCUT2D eigenvalue weighted by atomic mass is 9.78. The van der Waals surface area contributed by atoms with Crippen molar-refractivity contribution in [2.75, 3.05) is 0 Å². The topological polar surface area (TPSA) is 43.8 Å². The van der Waals surface area contributed by atoms with E-state index in [-0.39, 0.29) is 6.04 Å². The smallest absolute Gasteiger partial charge is 0.111 e. The quantitative estimate of drug-likeness (QED) is 0.929. The molecular formula is C18H27N3. The first-order valence-corrected chi connectivity index (χ1v) is 8.38. The van der Waals surface area contributed by atoms with E-state index in [1.165, 1.54) is 31.2 Å². The second-order valence-electron chi connectivity index (χ2n) is 6.65. The Hall–Kier alpha value is -1.35. The number of para-hydroxylation sites is 2. The molecule has 3 heteroatoms. The number of imidazole rings is 1. The summed E-state index contributed by atoms with van der Waals surface area (Å²) < 4.78 is 2.32. The Morgan fingerprint density at radius 3 is 2.67 bits per heavy atom. The van der Waals surface area contributed by atoms with Gasteiger partial charge in [-0.15, -0.1) is 0 Å². The summed E-state index contributed by atoms with van der Waals surface area (Å²) in [6.45, 7) is 5.51. The molecule has 1 aromatic heterocycles. The van der Waals surface area contributed by atoms with Crippen LogP contribution in [0.4, 0.5) is 0 Å². The zero-order valence-electron chi connectivity index (χ0n) is 13.3. The van der Waals surface area contributed by atoms with Gasteiger partial charge in [0, 0.05) is 19.0 Å². The summed E-state index contributed by atoms with van der Waals surface area (Å²) >= 11 is 0. The molecule has 3 rings (SSSR count). The highest BCUT2D eigenvalue weighted by Gasteiger charge is 2.25. The van der Waals surface area contributed by atoms with Crippen LogP contribution in [0, 0.1) is 11.8 Å². The highest BCUT2D eigenvalue weighted by atomic mass is 15.1. The normalized spacial score (nSPS) is 24.3. The Bertz CT molecular complexity index is 594. The lowest BCUT2D eigenvalue weighted by Gasteiger charge is -2.30. The molecule has 2 N–H and O–H groups in total. The summed E-state index contributed by atoms with van der Waals surface area (Å²) in [7, 11) is 0. The van der Waals surface area contributed by atoms with Crippen LogP contribution in [0.3, 0.4) is 0 Å². The third kappa shape index (κ3) is 2.98. The molecule has 3 nitrogen and oxygen atoms in total. The lowest BCUT2D eigenvalue weighted by molar-refractivity contribution is 0.251. The van der Waals surface area contributed by atoms with E-state index in [2.05, 4.69) is 42.7 Å². The maximum absolute atomic E-state index is 6.52. The van der Waals surface area contributed by atoms with Gasteiger partial charge in [-0.25, -0.2) is 4.98 Å². The van der Waals surface area contributed by atoms with Crippen molar-refractivity contribution >= 4 is 11.0 Å².